The fourth-order valence-corrected chi connectivity index (χ4v) is 4.58. The molecule has 0 aliphatic carbocycles. The number of hydrogen-bond donors (Lipinski definition) is 1. The number of para-hydroxylation sites is 1. The quantitative estimate of drug-likeness (QED) is 0.864. The Balaban J connectivity index is 2.00. The number of halogens is 1. The van der Waals surface area contributed by atoms with Gasteiger partial charge in [0.15, 0.2) is 0 Å². The topological polar surface area (TPSA) is 66.5 Å². The molecule has 0 spiro atoms. The molecule has 1 aliphatic heterocycles. The van der Waals surface area contributed by atoms with Crippen LogP contribution in [0.15, 0.2) is 47.4 Å². The van der Waals surface area contributed by atoms with Crippen molar-refractivity contribution in [1.29, 1.82) is 0 Å². The summed E-state index contributed by atoms with van der Waals surface area (Å²) >= 11 is 6.23. The van der Waals surface area contributed by atoms with Gasteiger partial charge in [0.25, 0.3) is 5.91 Å². The van der Waals surface area contributed by atoms with E-state index < -0.39 is 10.0 Å². The highest BCUT2D eigenvalue weighted by atomic mass is 35.5. The van der Waals surface area contributed by atoms with Crippen LogP contribution in [0.2, 0.25) is 5.02 Å². The van der Waals surface area contributed by atoms with Gasteiger partial charge in [0.05, 0.1) is 15.5 Å². The van der Waals surface area contributed by atoms with Gasteiger partial charge in [0.1, 0.15) is 0 Å². The van der Waals surface area contributed by atoms with Crippen molar-refractivity contribution >= 4 is 33.2 Å². The summed E-state index contributed by atoms with van der Waals surface area (Å²) in [5.74, 6) is -0.288. The molecule has 0 saturated heterocycles. The van der Waals surface area contributed by atoms with Gasteiger partial charge in [-0.2, -0.15) is 0 Å². The highest BCUT2D eigenvalue weighted by Crippen LogP contribution is 2.30. The highest BCUT2D eigenvalue weighted by molar-refractivity contribution is 7.89. The van der Waals surface area contributed by atoms with E-state index in [9.17, 15) is 13.2 Å². The number of carbonyl (C=O) groups is 1. The molecule has 0 atom stereocenters. The number of rotatable bonds is 4. The summed E-state index contributed by atoms with van der Waals surface area (Å²) in [6.45, 7) is 4.06. The highest BCUT2D eigenvalue weighted by Gasteiger charge is 2.26. The lowest BCUT2D eigenvalue weighted by atomic mass is 10.0. The third kappa shape index (κ3) is 3.77. The molecule has 2 aromatic carbocycles. The first-order valence-electron chi connectivity index (χ1n) is 8.51. The third-order valence-electron chi connectivity index (χ3n) is 4.22. The molecule has 3 rings (SSSR count). The van der Waals surface area contributed by atoms with Crippen molar-refractivity contribution in [3.8, 4) is 0 Å². The summed E-state index contributed by atoms with van der Waals surface area (Å²) in [6, 6.07) is 11.7. The summed E-state index contributed by atoms with van der Waals surface area (Å²) in [4.78, 5) is 14.8. The largest absolute Gasteiger partial charge is 0.308 e. The average molecular weight is 393 g/mol. The number of aryl methyl sites for hydroxylation is 1. The van der Waals surface area contributed by atoms with E-state index in [1.165, 1.54) is 18.2 Å². The Hall–Kier alpha value is -1.89. The average Bonchev–Trinajstić information content (AvgIpc) is 2.60. The smallest absolute Gasteiger partial charge is 0.259 e. The van der Waals surface area contributed by atoms with Crippen LogP contribution >= 0.6 is 11.6 Å². The molecule has 0 bridgehead atoms. The van der Waals surface area contributed by atoms with Crippen LogP contribution in [-0.4, -0.2) is 26.9 Å². The van der Waals surface area contributed by atoms with Crippen LogP contribution in [0.4, 0.5) is 5.69 Å². The molecule has 1 N–H and O–H groups in total. The number of nitrogens with one attached hydrogen (secondary N) is 1. The summed E-state index contributed by atoms with van der Waals surface area (Å²) < 4.78 is 27.4. The lowest BCUT2D eigenvalue weighted by Gasteiger charge is -2.29. The SMILES string of the molecule is CC(C)NS(=O)(=O)c1ccc(Cl)c(C(=O)N2CCCc3ccccc32)c1. The Labute approximate surface area is 159 Å². The van der Waals surface area contributed by atoms with Crippen molar-refractivity contribution in [2.24, 2.45) is 0 Å². The van der Waals surface area contributed by atoms with Crippen molar-refractivity contribution in [3.63, 3.8) is 0 Å². The minimum Gasteiger partial charge on any atom is -0.308 e. The molecule has 138 valence electrons. The van der Waals surface area contributed by atoms with Crippen molar-refractivity contribution in [2.75, 3.05) is 11.4 Å². The minimum absolute atomic E-state index is 0.0317. The number of sulfonamides is 1. The van der Waals surface area contributed by atoms with Gasteiger partial charge < -0.3 is 4.90 Å². The van der Waals surface area contributed by atoms with Crippen LogP contribution in [0, 0.1) is 0 Å². The second-order valence-electron chi connectivity index (χ2n) is 6.61. The number of hydrogen-bond acceptors (Lipinski definition) is 3. The summed E-state index contributed by atoms with van der Waals surface area (Å²) in [5, 5.41) is 0.238. The molecular weight excluding hydrogens is 372 g/mol. The van der Waals surface area contributed by atoms with Crippen molar-refractivity contribution < 1.29 is 13.2 Å². The van der Waals surface area contributed by atoms with Crippen LogP contribution < -0.4 is 9.62 Å². The van der Waals surface area contributed by atoms with Crippen molar-refractivity contribution in [2.45, 2.75) is 37.6 Å². The molecular formula is C19H21ClN2O3S. The molecule has 0 unspecified atom stereocenters. The number of amides is 1. The summed E-state index contributed by atoms with van der Waals surface area (Å²) in [7, 11) is -3.70. The number of anilines is 1. The van der Waals surface area contributed by atoms with Gasteiger partial charge in [-0.05, 0) is 56.5 Å². The Morgan fingerprint density at radius 1 is 1.19 bits per heavy atom. The van der Waals surface area contributed by atoms with E-state index in [-0.39, 0.29) is 27.4 Å². The van der Waals surface area contributed by atoms with Gasteiger partial charge in [-0.15, -0.1) is 0 Å². The normalized spacial score (nSPS) is 14.4. The van der Waals surface area contributed by atoms with Gasteiger partial charge in [0, 0.05) is 18.3 Å². The molecule has 1 amide bonds. The fourth-order valence-electron chi connectivity index (χ4n) is 3.10. The first kappa shape index (κ1) is 18.9. The molecule has 26 heavy (non-hydrogen) atoms. The van der Waals surface area contributed by atoms with E-state index in [0.717, 1.165) is 24.1 Å². The predicted octanol–water partition coefficient (Wildman–Crippen LogP) is 3.62. The number of carbonyl (C=O) groups excluding carboxylic acids is 1. The molecule has 1 heterocycles. The van der Waals surface area contributed by atoms with E-state index in [1.807, 2.05) is 24.3 Å². The zero-order valence-electron chi connectivity index (χ0n) is 14.7. The molecule has 0 saturated carbocycles. The standard InChI is InChI=1S/C19H21ClN2O3S/c1-13(2)21-26(24,25)15-9-10-17(20)16(12-15)19(23)22-11-5-7-14-6-3-4-8-18(14)22/h3-4,6,8-10,12-13,21H,5,7,11H2,1-2H3. The second kappa shape index (κ2) is 7.39. The van der Waals surface area contributed by atoms with Crippen LogP contribution in [0.25, 0.3) is 0 Å². The van der Waals surface area contributed by atoms with Crippen LogP contribution in [0.5, 0.6) is 0 Å². The molecule has 2 aromatic rings. The van der Waals surface area contributed by atoms with E-state index in [0.29, 0.717) is 6.54 Å². The Bertz CT molecular complexity index is 942. The number of nitrogens with zero attached hydrogens (tertiary/aromatic N) is 1. The number of fused-ring (bicyclic) bond motifs is 1. The van der Waals surface area contributed by atoms with Crippen LogP contribution in [0.3, 0.4) is 0 Å². The van der Waals surface area contributed by atoms with E-state index in [1.54, 1.807) is 18.7 Å². The Kier molecular flexibility index (Phi) is 5.37. The molecule has 0 radical (unpaired) electrons. The maximum Gasteiger partial charge on any atom is 0.259 e. The van der Waals surface area contributed by atoms with Crippen LogP contribution in [0.1, 0.15) is 36.2 Å². The molecule has 0 fully saturated rings. The summed E-state index contributed by atoms with van der Waals surface area (Å²) in [5.41, 5.74) is 2.15. The zero-order chi connectivity index (χ0) is 18.9. The first-order valence-corrected chi connectivity index (χ1v) is 10.4. The lowest BCUT2D eigenvalue weighted by molar-refractivity contribution is 0.0985. The van der Waals surface area contributed by atoms with Gasteiger partial charge in [-0.1, -0.05) is 29.8 Å². The maximum absolute atomic E-state index is 13.1. The minimum atomic E-state index is -3.70. The molecule has 5 nitrogen and oxygen atoms in total. The Morgan fingerprint density at radius 2 is 1.92 bits per heavy atom. The van der Waals surface area contributed by atoms with E-state index in [2.05, 4.69) is 4.72 Å². The lowest BCUT2D eigenvalue weighted by Crippen LogP contribution is -2.36. The molecule has 7 heteroatoms. The predicted molar refractivity (Wildman–Crippen MR) is 103 cm³/mol. The number of benzene rings is 2. The fraction of sp³-hybridized carbons (Fsp3) is 0.316. The summed E-state index contributed by atoms with van der Waals surface area (Å²) in [6.07, 6.45) is 1.77. The van der Waals surface area contributed by atoms with Gasteiger partial charge in [0.2, 0.25) is 10.0 Å². The first-order chi connectivity index (χ1) is 12.3. The van der Waals surface area contributed by atoms with E-state index in [4.69, 9.17) is 11.6 Å². The van der Waals surface area contributed by atoms with Crippen LogP contribution in [-0.2, 0) is 16.4 Å². The monoisotopic (exact) mass is 392 g/mol. The van der Waals surface area contributed by atoms with E-state index >= 15 is 0 Å². The maximum atomic E-state index is 13.1. The van der Waals surface area contributed by atoms with Gasteiger partial charge in [-0.3, -0.25) is 4.79 Å². The van der Waals surface area contributed by atoms with Crippen molar-refractivity contribution in [3.05, 3.63) is 58.6 Å². The Morgan fingerprint density at radius 3 is 2.65 bits per heavy atom. The molecule has 1 aliphatic rings. The third-order valence-corrected chi connectivity index (χ3v) is 6.21. The molecule has 0 aromatic heterocycles. The van der Waals surface area contributed by atoms with Gasteiger partial charge >= 0.3 is 0 Å². The zero-order valence-corrected chi connectivity index (χ0v) is 16.3. The second-order valence-corrected chi connectivity index (χ2v) is 8.73. The van der Waals surface area contributed by atoms with Gasteiger partial charge in [-0.25, -0.2) is 13.1 Å². The van der Waals surface area contributed by atoms with Crippen molar-refractivity contribution in [1.82, 2.24) is 4.72 Å².